The van der Waals surface area contributed by atoms with E-state index in [0.29, 0.717) is 31.7 Å². The molecule has 1 heterocycles. The topological polar surface area (TPSA) is 93.0 Å². The van der Waals surface area contributed by atoms with Crippen LogP contribution in [0.4, 0.5) is 10.5 Å². The van der Waals surface area contributed by atoms with E-state index in [4.69, 9.17) is 4.74 Å². The highest BCUT2D eigenvalue weighted by atomic mass is 16.6. The molecule has 0 N–H and O–H groups in total. The first kappa shape index (κ1) is 18.7. The molecule has 136 valence electrons. The number of amides is 2. The maximum Gasteiger partial charge on any atom is 0.410 e. The Kier molecular flexibility index (Phi) is 5.61. The van der Waals surface area contributed by atoms with Gasteiger partial charge < -0.3 is 14.5 Å². The lowest BCUT2D eigenvalue weighted by atomic mass is 10.1. The predicted molar refractivity (Wildman–Crippen MR) is 91.2 cm³/mol. The summed E-state index contributed by atoms with van der Waals surface area (Å²) in [7, 11) is 0. The lowest BCUT2D eigenvalue weighted by molar-refractivity contribution is -0.384. The number of rotatable bonds is 3. The third-order valence-corrected chi connectivity index (χ3v) is 3.76. The largest absolute Gasteiger partial charge is 0.444 e. The van der Waals surface area contributed by atoms with Crippen LogP contribution < -0.4 is 0 Å². The van der Waals surface area contributed by atoms with Gasteiger partial charge in [-0.1, -0.05) is 12.1 Å². The minimum atomic E-state index is -0.550. The fourth-order valence-electron chi connectivity index (χ4n) is 2.53. The second-order valence-electron chi connectivity index (χ2n) is 6.95. The van der Waals surface area contributed by atoms with Crippen molar-refractivity contribution in [2.45, 2.75) is 32.8 Å². The number of carbonyl (C=O) groups is 2. The van der Waals surface area contributed by atoms with Crippen LogP contribution in [0.25, 0.3) is 0 Å². The molecule has 25 heavy (non-hydrogen) atoms. The number of ether oxygens (including phenoxy) is 1. The lowest BCUT2D eigenvalue weighted by Gasteiger charge is -2.35. The van der Waals surface area contributed by atoms with Crippen LogP contribution in [0.15, 0.2) is 24.3 Å². The fourth-order valence-corrected chi connectivity index (χ4v) is 2.53. The van der Waals surface area contributed by atoms with Crippen molar-refractivity contribution in [2.75, 3.05) is 26.2 Å². The van der Waals surface area contributed by atoms with Crippen LogP contribution in [0.1, 0.15) is 26.3 Å². The maximum atomic E-state index is 12.4. The average Bonchev–Trinajstić information content (AvgIpc) is 2.53. The maximum absolute atomic E-state index is 12.4. The SMILES string of the molecule is CC(C)(C)OC(=O)N1CCN(C(=O)Cc2cccc([N+](=O)[O-])c2)CC1. The predicted octanol–water partition coefficient (Wildman–Crippen LogP) is 2.22. The Hall–Kier alpha value is -2.64. The van der Waals surface area contributed by atoms with E-state index in [1.807, 2.05) is 20.8 Å². The molecule has 0 unspecified atom stereocenters. The quantitative estimate of drug-likeness (QED) is 0.616. The van der Waals surface area contributed by atoms with Gasteiger partial charge in [-0.05, 0) is 26.3 Å². The number of nitrogens with zero attached hydrogens (tertiary/aromatic N) is 3. The zero-order chi connectivity index (χ0) is 18.6. The third kappa shape index (κ3) is 5.44. The summed E-state index contributed by atoms with van der Waals surface area (Å²) in [4.78, 5) is 38.0. The summed E-state index contributed by atoms with van der Waals surface area (Å²) in [6.07, 6.45) is -0.271. The lowest BCUT2D eigenvalue weighted by Crippen LogP contribution is -2.51. The first-order chi connectivity index (χ1) is 11.7. The molecule has 0 aliphatic carbocycles. The van der Waals surface area contributed by atoms with Crippen LogP contribution in [-0.4, -0.2) is 58.5 Å². The number of benzene rings is 1. The highest BCUT2D eigenvalue weighted by Gasteiger charge is 2.27. The number of nitro benzene ring substituents is 1. The van der Waals surface area contributed by atoms with E-state index in [-0.39, 0.29) is 24.1 Å². The van der Waals surface area contributed by atoms with Crippen LogP contribution in [-0.2, 0) is 16.0 Å². The molecule has 8 heteroatoms. The smallest absolute Gasteiger partial charge is 0.410 e. The summed E-state index contributed by atoms with van der Waals surface area (Å²) in [6, 6.07) is 6.07. The molecule has 1 fully saturated rings. The minimum absolute atomic E-state index is 0.0277. The van der Waals surface area contributed by atoms with E-state index in [0.717, 1.165) is 0 Å². The molecule has 0 radical (unpaired) electrons. The third-order valence-electron chi connectivity index (χ3n) is 3.76. The summed E-state index contributed by atoms with van der Waals surface area (Å²) in [5, 5.41) is 10.8. The van der Waals surface area contributed by atoms with Gasteiger partial charge in [-0.2, -0.15) is 0 Å². The highest BCUT2D eigenvalue weighted by molar-refractivity contribution is 5.79. The van der Waals surface area contributed by atoms with Crippen molar-refractivity contribution in [2.24, 2.45) is 0 Å². The average molecular weight is 349 g/mol. The Morgan fingerprint density at radius 3 is 2.32 bits per heavy atom. The van der Waals surface area contributed by atoms with E-state index < -0.39 is 10.5 Å². The summed E-state index contributed by atoms with van der Waals surface area (Å²) in [6.45, 7) is 7.10. The molecule has 0 spiro atoms. The molecular weight excluding hydrogens is 326 g/mol. The van der Waals surface area contributed by atoms with Gasteiger partial charge in [-0.15, -0.1) is 0 Å². The number of non-ortho nitro benzene ring substituents is 1. The first-order valence-electron chi connectivity index (χ1n) is 8.15. The molecule has 1 aromatic carbocycles. The molecular formula is C17H23N3O5. The minimum Gasteiger partial charge on any atom is -0.444 e. The molecule has 1 saturated heterocycles. The molecule has 1 aliphatic rings. The van der Waals surface area contributed by atoms with E-state index in [9.17, 15) is 19.7 Å². The van der Waals surface area contributed by atoms with Crippen LogP contribution in [0.5, 0.6) is 0 Å². The van der Waals surface area contributed by atoms with E-state index >= 15 is 0 Å². The Balaban J connectivity index is 1.88. The zero-order valence-corrected chi connectivity index (χ0v) is 14.7. The van der Waals surface area contributed by atoms with Crippen LogP contribution in [0, 0.1) is 10.1 Å². The second kappa shape index (κ2) is 7.50. The molecule has 8 nitrogen and oxygen atoms in total. The summed E-state index contributed by atoms with van der Waals surface area (Å²) >= 11 is 0. The van der Waals surface area contributed by atoms with Gasteiger partial charge in [-0.3, -0.25) is 14.9 Å². The molecule has 0 bridgehead atoms. The van der Waals surface area contributed by atoms with Gasteiger partial charge >= 0.3 is 6.09 Å². The number of hydrogen-bond acceptors (Lipinski definition) is 5. The summed E-state index contributed by atoms with van der Waals surface area (Å²) in [5.74, 6) is -0.107. The van der Waals surface area contributed by atoms with Crippen LogP contribution >= 0.6 is 0 Å². The number of hydrogen-bond donors (Lipinski definition) is 0. The van der Waals surface area contributed by atoms with Crippen molar-refractivity contribution in [3.05, 3.63) is 39.9 Å². The Morgan fingerprint density at radius 1 is 1.16 bits per heavy atom. The number of nitro groups is 1. The zero-order valence-electron chi connectivity index (χ0n) is 14.7. The van der Waals surface area contributed by atoms with Gasteiger partial charge in [0, 0.05) is 38.3 Å². The van der Waals surface area contributed by atoms with Gasteiger partial charge in [0.1, 0.15) is 5.60 Å². The van der Waals surface area contributed by atoms with E-state index in [1.54, 1.807) is 21.9 Å². The number of carbonyl (C=O) groups excluding carboxylic acids is 2. The highest BCUT2D eigenvalue weighted by Crippen LogP contribution is 2.16. The normalized spacial score (nSPS) is 15.0. The summed E-state index contributed by atoms with van der Waals surface area (Å²) < 4.78 is 5.32. The first-order valence-corrected chi connectivity index (χ1v) is 8.15. The molecule has 2 amide bonds. The monoisotopic (exact) mass is 349 g/mol. The van der Waals surface area contributed by atoms with Gasteiger partial charge in [0.15, 0.2) is 0 Å². The van der Waals surface area contributed by atoms with Crippen molar-refractivity contribution in [1.29, 1.82) is 0 Å². The van der Waals surface area contributed by atoms with Crippen LogP contribution in [0.2, 0.25) is 0 Å². The molecule has 0 saturated carbocycles. The molecule has 0 atom stereocenters. The number of piperazine rings is 1. The van der Waals surface area contributed by atoms with Crippen LogP contribution in [0.3, 0.4) is 0 Å². The van der Waals surface area contributed by atoms with Gasteiger partial charge in [-0.25, -0.2) is 4.79 Å². The van der Waals surface area contributed by atoms with Gasteiger partial charge in [0.25, 0.3) is 5.69 Å². The second-order valence-corrected chi connectivity index (χ2v) is 6.95. The molecule has 1 aromatic rings. The molecule has 0 aromatic heterocycles. The van der Waals surface area contributed by atoms with Crippen molar-refractivity contribution in [3.8, 4) is 0 Å². The Labute approximate surface area is 146 Å². The standard InChI is InChI=1S/C17H23N3O5/c1-17(2,3)25-16(22)19-9-7-18(8-10-19)15(21)12-13-5-4-6-14(11-13)20(23)24/h4-6,11H,7-10,12H2,1-3H3. The van der Waals surface area contributed by atoms with Crippen molar-refractivity contribution >= 4 is 17.7 Å². The van der Waals surface area contributed by atoms with Crippen molar-refractivity contribution in [1.82, 2.24) is 9.80 Å². The fraction of sp³-hybridized carbons (Fsp3) is 0.529. The Bertz CT molecular complexity index is 660. The van der Waals surface area contributed by atoms with Gasteiger partial charge in [0.05, 0.1) is 11.3 Å². The van der Waals surface area contributed by atoms with Crippen molar-refractivity contribution < 1.29 is 19.2 Å². The van der Waals surface area contributed by atoms with Gasteiger partial charge in [0.2, 0.25) is 5.91 Å². The van der Waals surface area contributed by atoms with E-state index in [1.165, 1.54) is 12.1 Å². The van der Waals surface area contributed by atoms with Crippen molar-refractivity contribution in [3.63, 3.8) is 0 Å². The Morgan fingerprint density at radius 2 is 1.76 bits per heavy atom. The van der Waals surface area contributed by atoms with E-state index in [2.05, 4.69) is 0 Å². The molecule has 2 rings (SSSR count). The molecule has 1 aliphatic heterocycles. The summed E-state index contributed by atoms with van der Waals surface area (Å²) in [5.41, 5.74) is 0.0281.